The number of hydrogen-bond acceptors (Lipinski definition) is 4. The first kappa shape index (κ1) is 16.7. The Morgan fingerprint density at radius 2 is 2.15 bits per heavy atom. The monoisotopic (exact) mass is 298 g/mol. The molecule has 0 fully saturated rings. The fraction of sp³-hybridized carbons (Fsp3) is 0.467. The normalized spacial score (nSPS) is 11.9. The van der Waals surface area contributed by atoms with Crippen molar-refractivity contribution in [2.75, 3.05) is 12.9 Å². The number of halogens is 1. The molecule has 0 amide bonds. The van der Waals surface area contributed by atoms with E-state index in [4.69, 9.17) is 0 Å². The van der Waals surface area contributed by atoms with Gasteiger partial charge in [0.2, 0.25) is 0 Å². The summed E-state index contributed by atoms with van der Waals surface area (Å²) in [5.74, 6) is -1.55. The van der Waals surface area contributed by atoms with Crippen LogP contribution in [0.15, 0.2) is 29.2 Å². The molecule has 0 aliphatic heterocycles. The lowest BCUT2D eigenvalue weighted by Crippen LogP contribution is -2.26. The Bertz CT molecular complexity index is 462. The molecule has 1 atom stereocenters. The molecular formula is C15H19FO3S. The number of thioether (sulfide) groups is 1. The highest BCUT2D eigenvalue weighted by Crippen LogP contribution is 2.21. The topological polar surface area (TPSA) is 43.4 Å². The number of unbranched alkanes of at least 4 members (excludes halogenated alkanes) is 1. The van der Waals surface area contributed by atoms with Crippen LogP contribution in [0.4, 0.5) is 4.39 Å². The molecule has 110 valence electrons. The molecule has 0 heterocycles. The molecule has 0 aromatic heterocycles. The lowest BCUT2D eigenvalue weighted by molar-refractivity contribution is -0.149. The second-order valence-electron chi connectivity index (χ2n) is 4.43. The van der Waals surface area contributed by atoms with Crippen LogP contribution >= 0.6 is 11.8 Å². The molecule has 0 aliphatic carbocycles. The maximum absolute atomic E-state index is 13.0. The first-order chi connectivity index (χ1) is 9.58. The molecule has 1 aromatic rings. The molecule has 0 spiro atoms. The van der Waals surface area contributed by atoms with Crippen LogP contribution in [-0.4, -0.2) is 24.6 Å². The summed E-state index contributed by atoms with van der Waals surface area (Å²) in [5.41, 5.74) is 0. The number of esters is 1. The van der Waals surface area contributed by atoms with Gasteiger partial charge in [-0.3, -0.25) is 9.59 Å². The van der Waals surface area contributed by atoms with Crippen molar-refractivity contribution in [3.05, 3.63) is 30.1 Å². The van der Waals surface area contributed by atoms with Gasteiger partial charge in [0.05, 0.1) is 12.9 Å². The fourth-order valence-electron chi connectivity index (χ4n) is 1.77. The number of benzene rings is 1. The van der Waals surface area contributed by atoms with Crippen LogP contribution in [-0.2, 0) is 14.3 Å². The molecule has 0 bridgehead atoms. The molecule has 1 rings (SSSR count). The summed E-state index contributed by atoms with van der Waals surface area (Å²) in [6.45, 7) is 2.00. The smallest absolute Gasteiger partial charge is 0.316 e. The molecule has 0 N–H and O–H groups in total. The van der Waals surface area contributed by atoms with Gasteiger partial charge in [-0.1, -0.05) is 25.8 Å². The first-order valence-electron chi connectivity index (χ1n) is 6.57. The van der Waals surface area contributed by atoms with Crippen LogP contribution in [0.1, 0.15) is 26.2 Å². The summed E-state index contributed by atoms with van der Waals surface area (Å²) in [6, 6.07) is 6.05. The van der Waals surface area contributed by atoms with Crippen LogP contribution in [0.25, 0.3) is 0 Å². The lowest BCUT2D eigenvalue weighted by Gasteiger charge is -2.12. The van der Waals surface area contributed by atoms with Gasteiger partial charge in [0.25, 0.3) is 0 Å². The maximum Gasteiger partial charge on any atom is 0.316 e. The Morgan fingerprint density at radius 1 is 1.40 bits per heavy atom. The number of methoxy groups -OCH3 is 1. The van der Waals surface area contributed by atoms with Crippen molar-refractivity contribution in [3.8, 4) is 0 Å². The van der Waals surface area contributed by atoms with Crippen molar-refractivity contribution in [1.29, 1.82) is 0 Å². The molecule has 0 saturated heterocycles. The summed E-state index contributed by atoms with van der Waals surface area (Å²) in [6.07, 6.45) is 2.22. The molecule has 1 unspecified atom stereocenters. The van der Waals surface area contributed by atoms with Gasteiger partial charge in [-0.2, -0.15) is 0 Å². The van der Waals surface area contributed by atoms with Crippen LogP contribution in [0, 0.1) is 11.7 Å². The van der Waals surface area contributed by atoms with Gasteiger partial charge in [-0.15, -0.1) is 11.8 Å². The number of hydrogen-bond donors (Lipinski definition) is 0. The molecular weight excluding hydrogens is 279 g/mol. The van der Waals surface area contributed by atoms with Crippen LogP contribution < -0.4 is 0 Å². The zero-order valence-electron chi connectivity index (χ0n) is 11.7. The van der Waals surface area contributed by atoms with Crippen molar-refractivity contribution in [2.45, 2.75) is 31.1 Å². The molecule has 0 saturated carbocycles. The highest BCUT2D eigenvalue weighted by molar-refractivity contribution is 8.00. The Kier molecular flexibility index (Phi) is 7.30. The Labute approximate surface area is 122 Å². The van der Waals surface area contributed by atoms with E-state index in [9.17, 15) is 14.0 Å². The van der Waals surface area contributed by atoms with Gasteiger partial charge >= 0.3 is 5.97 Å². The largest absolute Gasteiger partial charge is 0.468 e. The summed E-state index contributed by atoms with van der Waals surface area (Å²) in [5, 5.41) is 0. The average molecular weight is 298 g/mol. The molecule has 0 radical (unpaired) electrons. The zero-order chi connectivity index (χ0) is 15.0. The summed E-state index contributed by atoms with van der Waals surface area (Å²) in [4.78, 5) is 24.4. The van der Waals surface area contributed by atoms with Crippen molar-refractivity contribution in [2.24, 2.45) is 5.92 Å². The second kappa shape index (κ2) is 8.74. The minimum Gasteiger partial charge on any atom is -0.468 e. The number of carbonyl (C=O) groups is 2. The van der Waals surface area contributed by atoms with Crippen LogP contribution in [0.3, 0.4) is 0 Å². The van der Waals surface area contributed by atoms with Gasteiger partial charge in [0.1, 0.15) is 11.7 Å². The summed E-state index contributed by atoms with van der Waals surface area (Å²) >= 11 is 1.24. The minimum absolute atomic E-state index is 0.146. The van der Waals surface area contributed by atoms with Gasteiger partial charge < -0.3 is 4.74 Å². The van der Waals surface area contributed by atoms with Gasteiger partial charge in [-0.25, -0.2) is 4.39 Å². The molecule has 0 aliphatic rings. The van der Waals surface area contributed by atoms with Crippen molar-refractivity contribution >= 4 is 23.5 Å². The van der Waals surface area contributed by atoms with E-state index >= 15 is 0 Å². The fourth-order valence-corrected chi connectivity index (χ4v) is 2.65. The van der Waals surface area contributed by atoms with E-state index in [1.54, 1.807) is 12.1 Å². The molecule has 5 heteroatoms. The number of carbonyl (C=O) groups excluding carboxylic acids is 2. The first-order valence-corrected chi connectivity index (χ1v) is 7.56. The number of rotatable bonds is 8. The Hall–Kier alpha value is -1.36. The Balaban J connectivity index is 2.59. The highest BCUT2D eigenvalue weighted by Gasteiger charge is 2.26. The standard InChI is InChI=1S/C15H19FO3S/c1-3-4-8-13(15(18)19-2)14(17)10-20-12-7-5-6-11(16)9-12/h5-7,9,13H,3-4,8,10H2,1-2H3. The second-order valence-corrected chi connectivity index (χ2v) is 5.48. The quantitative estimate of drug-likeness (QED) is 0.419. The predicted molar refractivity (Wildman–Crippen MR) is 77.2 cm³/mol. The van der Waals surface area contributed by atoms with E-state index < -0.39 is 11.9 Å². The molecule has 3 nitrogen and oxygen atoms in total. The van der Waals surface area contributed by atoms with Gasteiger partial charge in [0, 0.05) is 4.90 Å². The maximum atomic E-state index is 13.0. The molecule has 1 aromatic carbocycles. The third-order valence-corrected chi connectivity index (χ3v) is 3.91. The van der Waals surface area contributed by atoms with E-state index in [-0.39, 0.29) is 17.4 Å². The number of Topliss-reactive ketones (excluding diaryl/α,β-unsaturated/α-hetero) is 1. The number of ketones is 1. The Morgan fingerprint density at radius 3 is 2.75 bits per heavy atom. The van der Waals surface area contributed by atoms with E-state index in [1.807, 2.05) is 6.92 Å². The van der Waals surface area contributed by atoms with Crippen LogP contribution in [0.2, 0.25) is 0 Å². The third kappa shape index (κ3) is 5.33. The van der Waals surface area contributed by atoms with E-state index in [0.29, 0.717) is 11.3 Å². The van der Waals surface area contributed by atoms with E-state index in [2.05, 4.69) is 4.74 Å². The third-order valence-electron chi connectivity index (χ3n) is 2.90. The predicted octanol–water partition coefficient (Wildman–Crippen LogP) is 3.47. The van der Waals surface area contributed by atoms with Gasteiger partial charge in [0.15, 0.2) is 5.78 Å². The zero-order valence-corrected chi connectivity index (χ0v) is 12.5. The van der Waals surface area contributed by atoms with Crippen molar-refractivity contribution < 1.29 is 18.7 Å². The average Bonchev–Trinajstić information content (AvgIpc) is 2.45. The number of ether oxygens (including phenoxy) is 1. The van der Waals surface area contributed by atoms with Crippen molar-refractivity contribution in [3.63, 3.8) is 0 Å². The van der Waals surface area contributed by atoms with E-state index in [0.717, 1.165) is 12.8 Å². The SMILES string of the molecule is CCCCC(C(=O)CSc1cccc(F)c1)C(=O)OC. The summed E-state index contributed by atoms with van der Waals surface area (Å²) < 4.78 is 17.7. The lowest BCUT2D eigenvalue weighted by atomic mass is 9.98. The highest BCUT2D eigenvalue weighted by atomic mass is 32.2. The van der Waals surface area contributed by atoms with Crippen molar-refractivity contribution in [1.82, 2.24) is 0 Å². The summed E-state index contributed by atoms with van der Waals surface area (Å²) in [7, 11) is 1.29. The minimum atomic E-state index is -0.707. The van der Waals surface area contributed by atoms with Crippen LogP contribution in [0.5, 0.6) is 0 Å². The molecule has 20 heavy (non-hydrogen) atoms. The van der Waals surface area contributed by atoms with Gasteiger partial charge in [-0.05, 0) is 24.6 Å². The van der Waals surface area contributed by atoms with E-state index in [1.165, 1.54) is 31.0 Å².